The Kier molecular flexibility index (Phi) is 14.4. The number of aliphatic imine (C=N–C) groups is 1. The van der Waals surface area contributed by atoms with Crippen LogP contribution in [0.15, 0.2) is 70.3 Å². The highest BCUT2D eigenvalue weighted by Gasteiger charge is 2.43. The SMILES string of the molecule is COC[C@@H]1C[C@@H](c2nc3c([nH]2)[C@@H]2CC[C@H](C4=CC=C[C@@H](C)C(/C=C\[C@H]5CNC([C@@H]6CCCN6C(=O)[C@@H](NC(=O)OC)C(C)C)=N5)=C4)C=C2C=C3)N(C(=O)[C@@H](NC(=O)OC)C(C)C)C1. The van der Waals surface area contributed by atoms with E-state index in [9.17, 15) is 19.2 Å². The maximum Gasteiger partial charge on any atom is 0.407 e. The first-order valence-electron chi connectivity index (χ1n) is 22.7. The van der Waals surface area contributed by atoms with Gasteiger partial charge in [-0.1, -0.05) is 83.2 Å². The van der Waals surface area contributed by atoms with Crippen molar-refractivity contribution in [3.8, 4) is 0 Å². The molecule has 2 saturated heterocycles. The molecule has 6 aliphatic rings. The second-order valence-corrected chi connectivity index (χ2v) is 18.4. The molecule has 63 heavy (non-hydrogen) atoms. The first-order chi connectivity index (χ1) is 30.3. The van der Waals surface area contributed by atoms with E-state index < -0.39 is 24.3 Å². The Balaban J connectivity index is 1.04. The molecule has 0 unspecified atom stereocenters. The highest BCUT2D eigenvalue weighted by molar-refractivity contribution is 5.95. The molecule has 340 valence electrons. The minimum atomic E-state index is -0.729. The number of amidine groups is 1. The molecule has 0 spiro atoms. The molecule has 4 amide bonds. The van der Waals surface area contributed by atoms with Gasteiger partial charge in [-0.3, -0.25) is 14.6 Å². The van der Waals surface area contributed by atoms with Gasteiger partial charge in [0.1, 0.15) is 23.7 Å². The topological polar surface area (TPSA) is 180 Å². The van der Waals surface area contributed by atoms with Gasteiger partial charge in [-0.05, 0) is 72.7 Å². The molecule has 2 fully saturated rings. The first kappa shape index (κ1) is 45.6. The summed E-state index contributed by atoms with van der Waals surface area (Å²) in [6.45, 7) is 12.2. The number of likely N-dealkylation sites (tertiary alicyclic amines) is 2. The maximum absolute atomic E-state index is 14.1. The summed E-state index contributed by atoms with van der Waals surface area (Å²) >= 11 is 0. The molecule has 15 heteroatoms. The normalized spacial score (nSPS) is 27.5. The van der Waals surface area contributed by atoms with E-state index in [0.717, 1.165) is 48.7 Å². The summed E-state index contributed by atoms with van der Waals surface area (Å²) in [4.78, 5) is 69.5. The number of carbonyl (C=O) groups is 4. The summed E-state index contributed by atoms with van der Waals surface area (Å²) in [5, 5.41) is 8.97. The van der Waals surface area contributed by atoms with Crippen LogP contribution in [0.5, 0.6) is 0 Å². The average Bonchev–Trinajstić information content (AvgIpc) is 4.09. The number of hydrogen-bond acceptors (Lipinski definition) is 10. The number of amides is 4. The van der Waals surface area contributed by atoms with Crippen LogP contribution in [-0.4, -0.2) is 121 Å². The molecule has 0 saturated carbocycles. The van der Waals surface area contributed by atoms with E-state index in [1.54, 1.807) is 7.11 Å². The van der Waals surface area contributed by atoms with Crippen molar-refractivity contribution in [1.29, 1.82) is 0 Å². The lowest BCUT2D eigenvalue weighted by Gasteiger charge is -2.30. The molecule has 0 aromatic carbocycles. The Morgan fingerprint density at radius 1 is 0.921 bits per heavy atom. The Hall–Kier alpha value is -5.44. The lowest BCUT2D eigenvalue weighted by atomic mass is 9.75. The summed E-state index contributed by atoms with van der Waals surface area (Å²) in [5.74, 6) is 1.86. The molecule has 1 aromatic heterocycles. The van der Waals surface area contributed by atoms with E-state index in [4.69, 9.17) is 24.2 Å². The number of allylic oxidation sites excluding steroid dienone is 10. The van der Waals surface area contributed by atoms with Crippen molar-refractivity contribution < 1.29 is 33.4 Å². The van der Waals surface area contributed by atoms with Crippen LogP contribution in [0.2, 0.25) is 0 Å². The smallest absolute Gasteiger partial charge is 0.407 e. The van der Waals surface area contributed by atoms with Crippen molar-refractivity contribution in [2.75, 3.05) is 47.6 Å². The number of methoxy groups -OCH3 is 3. The fourth-order valence-electron chi connectivity index (χ4n) is 9.95. The van der Waals surface area contributed by atoms with E-state index in [-0.39, 0.29) is 65.4 Å². The molecule has 0 radical (unpaired) electrons. The van der Waals surface area contributed by atoms with E-state index in [1.165, 1.54) is 30.9 Å². The quantitative estimate of drug-likeness (QED) is 0.182. The standard InChI is InChI=1S/C48H66N8O7/c1-27(2)40(53-47(59)62-7)45(57)55-20-10-13-38(55)43-49-24-35(50-43)17-14-31-22-32(12-9-11-29(31)5)33-15-18-36-34(23-33)16-19-37-42(36)52-44(51-37)39-21-30(26-61-6)25-56(39)46(58)41(28(3)4)54-48(60)63-8/h9,11-12,14,16-17,19,22-23,27-30,33,35-36,38-41H,10,13,15,18,20-21,24-26H2,1-8H3,(H,49,50)(H,51,52)(H,53,59)(H,54,60)/b17-14-/t29-,30-,33+,35+,36-,38+,39+,40+,41+/m1/s1. The van der Waals surface area contributed by atoms with Gasteiger partial charge in [-0.25, -0.2) is 14.6 Å². The molecule has 4 N–H and O–H groups in total. The third-order valence-electron chi connectivity index (χ3n) is 13.4. The van der Waals surface area contributed by atoms with E-state index in [2.05, 4.69) is 82.5 Å². The number of H-pyrrole nitrogens is 1. The fourth-order valence-corrected chi connectivity index (χ4v) is 9.95. The predicted molar refractivity (Wildman–Crippen MR) is 242 cm³/mol. The van der Waals surface area contributed by atoms with Crippen LogP contribution in [0, 0.1) is 29.6 Å². The van der Waals surface area contributed by atoms with Gasteiger partial charge in [0.25, 0.3) is 0 Å². The lowest BCUT2D eigenvalue weighted by Crippen LogP contribution is -2.54. The molecule has 9 atom stereocenters. The second kappa shape index (κ2) is 19.9. The van der Waals surface area contributed by atoms with Gasteiger partial charge in [-0.2, -0.15) is 0 Å². The first-order valence-corrected chi connectivity index (χ1v) is 22.7. The number of fused-ring (bicyclic) bond motifs is 3. The lowest BCUT2D eigenvalue weighted by molar-refractivity contribution is -0.136. The maximum atomic E-state index is 14.1. The number of aromatic amines is 1. The van der Waals surface area contributed by atoms with Crippen LogP contribution in [0.3, 0.4) is 0 Å². The Morgan fingerprint density at radius 2 is 1.63 bits per heavy atom. The number of ether oxygens (including phenoxy) is 3. The van der Waals surface area contributed by atoms with Crippen molar-refractivity contribution >= 4 is 35.9 Å². The molecule has 4 heterocycles. The van der Waals surface area contributed by atoms with Crippen LogP contribution in [-0.2, 0) is 23.8 Å². The molecular weight excluding hydrogens is 801 g/mol. The van der Waals surface area contributed by atoms with Crippen LogP contribution < -0.4 is 16.0 Å². The van der Waals surface area contributed by atoms with Crippen molar-refractivity contribution in [3.63, 3.8) is 0 Å². The molecule has 1 aromatic rings. The van der Waals surface area contributed by atoms with Gasteiger partial charge in [0.15, 0.2) is 0 Å². The van der Waals surface area contributed by atoms with Crippen molar-refractivity contribution in [2.24, 2.45) is 34.6 Å². The number of hydrogen-bond donors (Lipinski definition) is 4. The number of aromatic nitrogens is 2. The van der Waals surface area contributed by atoms with Crippen LogP contribution in [0.1, 0.15) is 95.9 Å². The summed E-state index contributed by atoms with van der Waals surface area (Å²) < 4.78 is 15.2. The highest BCUT2D eigenvalue weighted by Crippen LogP contribution is 2.45. The van der Waals surface area contributed by atoms with Gasteiger partial charge in [0.05, 0.1) is 44.6 Å². The zero-order valence-electron chi connectivity index (χ0n) is 38.1. The summed E-state index contributed by atoms with van der Waals surface area (Å²) in [7, 11) is 4.28. The second-order valence-electron chi connectivity index (χ2n) is 18.4. The van der Waals surface area contributed by atoms with E-state index >= 15 is 0 Å². The largest absolute Gasteiger partial charge is 0.453 e. The number of carbonyl (C=O) groups excluding carboxylic acids is 4. The fraction of sp³-hybridized carbons (Fsp3) is 0.583. The zero-order chi connectivity index (χ0) is 44.9. The summed E-state index contributed by atoms with van der Waals surface area (Å²) in [6.07, 6.45) is 23.1. The Bertz CT molecular complexity index is 2110. The summed E-state index contributed by atoms with van der Waals surface area (Å²) in [5.41, 5.74) is 5.75. The number of nitrogens with zero attached hydrogens (tertiary/aromatic N) is 4. The minimum absolute atomic E-state index is 0.0636. The van der Waals surface area contributed by atoms with Gasteiger partial charge in [0, 0.05) is 50.2 Å². The van der Waals surface area contributed by atoms with E-state index in [1.807, 2.05) is 37.5 Å². The number of imidazole rings is 1. The van der Waals surface area contributed by atoms with Crippen LogP contribution in [0.4, 0.5) is 9.59 Å². The van der Waals surface area contributed by atoms with Crippen LogP contribution >= 0.6 is 0 Å². The average molecular weight is 867 g/mol. The van der Waals surface area contributed by atoms with Crippen molar-refractivity contribution in [1.82, 2.24) is 35.7 Å². The predicted octanol–water partition coefficient (Wildman–Crippen LogP) is 6.13. The van der Waals surface area contributed by atoms with Gasteiger partial charge >= 0.3 is 12.2 Å². The molecule has 7 rings (SSSR count). The van der Waals surface area contributed by atoms with Gasteiger partial charge in [0.2, 0.25) is 11.8 Å². The number of nitrogens with one attached hydrogen (secondary N) is 4. The molecule has 3 aliphatic carbocycles. The van der Waals surface area contributed by atoms with Gasteiger partial charge < -0.3 is 44.9 Å². The van der Waals surface area contributed by atoms with Gasteiger partial charge in [-0.15, -0.1) is 0 Å². The Morgan fingerprint density at radius 3 is 2.32 bits per heavy atom. The van der Waals surface area contributed by atoms with Crippen LogP contribution in [0.25, 0.3) is 6.08 Å². The minimum Gasteiger partial charge on any atom is -0.453 e. The summed E-state index contributed by atoms with van der Waals surface area (Å²) in [6, 6.07) is -1.89. The van der Waals surface area contributed by atoms with Crippen molar-refractivity contribution in [2.45, 2.75) is 103 Å². The molecule has 0 bridgehead atoms. The number of rotatable bonds is 13. The highest BCUT2D eigenvalue weighted by atomic mass is 16.5. The third-order valence-corrected chi connectivity index (χ3v) is 13.4. The monoisotopic (exact) mass is 867 g/mol. The number of alkyl carbamates (subject to hydrolysis) is 2. The molecular formula is C48H66N8O7. The molecule has 15 nitrogen and oxygen atoms in total. The molecule has 3 aliphatic heterocycles. The third kappa shape index (κ3) is 10.0. The van der Waals surface area contributed by atoms with E-state index in [0.29, 0.717) is 32.7 Å². The Labute approximate surface area is 371 Å². The zero-order valence-corrected chi connectivity index (χ0v) is 38.1. The van der Waals surface area contributed by atoms with Crippen molar-refractivity contribution in [3.05, 3.63) is 82.5 Å².